The van der Waals surface area contributed by atoms with E-state index < -0.39 is 7.82 Å². The van der Waals surface area contributed by atoms with E-state index in [9.17, 15) is 4.79 Å². The first-order valence-corrected chi connectivity index (χ1v) is 8.97. The average molecular weight is 323 g/mol. The molecule has 0 rings (SSSR count). The van der Waals surface area contributed by atoms with E-state index in [0.717, 1.165) is 13.0 Å². The minimum atomic E-state index is -4.64. The molecule has 0 saturated carbocycles. The molecule has 0 heterocycles. The third-order valence-electron chi connectivity index (χ3n) is 2.70. The van der Waals surface area contributed by atoms with E-state index in [1.54, 1.807) is 6.92 Å². The van der Waals surface area contributed by atoms with Gasteiger partial charge in [-0.15, -0.1) is 0 Å². The smallest absolute Gasteiger partial charge is 0.352 e. The highest BCUT2D eigenvalue weighted by Gasteiger charge is 2.00. The fraction of sp³-hybridized carbons (Fsp3) is 0.786. The summed E-state index contributed by atoms with van der Waals surface area (Å²) in [4.78, 5) is 32.7. The van der Waals surface area contributed by atoms with Crippen LogP contribution in [0.3, 0.4) is 0 Å². The van der Waals surface area contributed by atoms with Gasteiger partial charge in [-0.05, 0) is 13.3 Å². The molecule has 0 unspecified atom stereocenters. The maximum Gasteiger partial charge on any atom is 0.466 e. The van der Waals surface area contributed by atoms with Crippen LogP contribution in [0.5, 0.6) is 0 Å². The van der Waals surface area contributed by atoms with Crippen LogP contribution in [0.25, 0.3) is 0 Å². The Labute approximate surface area is 127 Å². The Morgan fingerprint density at radius 1 is 1.00 bits per heavy atom. The van der Waals surface area contributed by atoms with Gasteiger partial charge in [0.05, 0.1) is 0 Å². The summed E-state index contributed by atoms with van der Waals surface area (Å²) in [6.45, 7) is 8.37. The number of nitrogens with one attached hydrogen (secondary N) is 1. The summed E-state index contributed by atoms with van der Waals surface area (Å²) in [7, 11) is -4.64. The summed E-state index contributed by atoms with van der Waals surface area (Å²) in [6, 6.07) is 0. The Morgan fingerprint density at radius 3 is 1.76 bits per heavy atom. The lowest BCUT2D eigenvalue weighted by Crippen LogP contribution is -2.24. The zero-order valence-corrected chi connectivity index (χ0v) is 14.1. The first-order valence-electron chi connectivity index (χ1n) is 7.40. The number of phosphoric acid groups is 1. The second-order valence-corrected chi connectivity index (χ2v) is 6.05. The van der Waals surface area contributed by atoms with Crippen LogP contribution < -0.4 is 5.32 Å². The summed E-state index contributed by atoms with van der Waals surface area (Å²) < 4.78 is 8.88. The molecule has 0 saturated heterocycles. The lowest BCUT2D eigenvalue weighted by Gasteiger charge is -2.04. The van der Waals surface area contributed by atoms with Crippen LogP contribution in [0, 0.1) is 0 Å². The third-order valence-corrected chi connectivity index (χ3v) is 2.70. The number of unbranched alkanes of at least 4 members (excludes halogenated alkanes) is 7. The predicted molar refractivity (Wildman–Crippen MR) is 84.7 cm³/mol. The molecule has 0 atom stereocenters. The molecule has 0 aromatic carbocycles. The number of hydrogen-bond donors (Lipinski definition) is 4. The number of carbonyl (C=O) groups is 1. The van der Waals surface area contributed by atoms with Gasteiger partial charge in [0.25, 0.3) is 0 Å². The summed E-state index contributed by atoms with van der Waals surface area (Å²) in [6.07, 6.45) is 10.4. The van der Waals surface area contributed by atoms with Gasteiger partial charge in [-0.2, -0.15) is 0 Å². The Kier molecular flexibility index (Phi) is 15.4. The standard InChI is InChI=1S/C14H27NO.H3O4P/c1-4-5-6-7-8-9-10-11-12-15-14(16)13(2)3;1-5(2,3)4/h2,4-12H2,1,3H3,(H,15,16);(H3,1,2,3,4). The first kappa shape index (κ1) is 22.6. The summed E-state index contributed by atoms with van der Waals surface area (Å²) >= 11 is 0. The SMILES string of the molecule is C=C(C)C(=O)NCCCCCCCCCC.O=P(O)(O)O. The Hall–Kier alpha value is -0.680. The summed E-state index contributed by atoms with van der Waals surface area (Å²) in [5.41, 5.74) is 0.597. The monoisotopic (exact) mass is 323 g/mol. The molecule has 0 radical (unpaired) electrons. The molecule has 1 amide bonds. The normalized spacial score (nSPS) is 10.5. The molecule has 0 aromatic heterocycles. The quantitative estimate of drug-likeness (QED) is 0.281. The van der Waals surface area contributed by atoms with Crippen LogP contribution in [0.15, 0.2) is 12.2 Å². The fourth-order valence-corrected chi connectivity index (χ4v) is 1.61. The van der Waals surface area contributed by atoms with Gasteiger partial charge < -0.3 is 20.0 Å². The second kappa shape index (κ2) is 14.3. The van der Waals surface area contributed by atoms with Crippen LogP contribution in [0.2, 0.25) is 0 Å². The van der Waals surface area contributed by atoms with Crippen LogP contribution in [-0.4, -0.2) is 27.1 Å². The molecule has 0 aromatic rings. The number of hydrogen-bond acceptors (Lipinski definition) is 2. The van der Waals surface area contributed by atoms with Gasteiger partial charge in [0.2, 0.25) is 5.91 Å². The maximum absolute atomic E-state index is 11.1. The van der Waals surface area contributed by atoms with Gasteiger partial charge in [-0.1, -0.05) is 58.4 Å². The van der Waals surface area contributed by atoms with E-state index in [1.807, 2.05) is 0 Å². The average Bonchev–Trinajstić information content (AvgIpc) is 2.34. The molecule has 0 aliphatic carbocycles. The molecule has 0 aliphatic heterocycles. The van der Waals surface area contributed by atoms with Crippen LogP contribution in [0.4, 0.5) is 0 Å². The second-order valence-electron chi connectivity index (χ2n) is 5.02. The van der Waals surface area contributed by atoms with Crippen LogP contribution in [0.1, 0.15) is 65.2 Å². The van der Waals surface area contributed by atoms with E-state index >= 15 is 0 Å². The van der Waals surface area contributed by atoms with E-state index in [4.69, 9.17) is 19.2 Å². The van der Waals surface area contributed by atoms with Gasteiger partial charge in [0.1, 0.15) is 0 Å². The van der Waals surface area contributed by atoms with E-state index in [-0.39, 0.29) is 5.91 Å². The lowest BCUT2D eigenvalue weighted by atomic mass is 10.1. The predicted octanol–water partition coefficient (Wildman–Crippen LogP) is 2.89. The van der Waals surface area contributed by atoms with E-state index in [1.165, 1.54) is 44.9 Å². The summed E-state index contributed by atoms with van der Waals surface area (Å²) in [5.74, 6) is -0.0112. The Balaban J connectivity index is 0. The lowest BCUT2D eigenvalue weighted by molar-refractivity contribution is -0.117. The molecular formula is C14H30NO5P. The minimum Gasteiger partial charge on any atom is -0.352 e. The Bertz CT molecular complexity index is 319. The molecule has 0 aliphatic rings. The van der Waals surface area contributed by atoms with Crippen molar-refractivity contribution in [1.82, 2.24) is 5.32 Å². The molecule has 0 fully saturated rings. The van der Waals surface area contributed by atoms with Gasteiger partial charge in [0, 0.05) is 12.1 Å². The molecule has 6 nitrogen and oxygen atoms in total. The van der Waals surface area contributed by atoms with Crippen LogP contribution >= 0.6 is 7.82 Å². The molecular weight excluding hydrogens is 293 g/mol. The van der Waals surface area contributed by atoms with E-state index in [2.05, 4.69) is 18.8 Å². The van der Waals surface area contributed by atoms with Crippen molar-refractivity contribution in [3.05, 3.63) is 12.2 Å². The van der Waals surface area contributed by atoms with Gasteiger partial charge in [-0.25, -0.2) is 4.57 Å². The van der Waals surface area contributed by atoms with Crippen molar-refractivity contribution in [3.8, 4) is 0 Å². The maximum atomic E-state index is 11.1. The van der Waals surface area contributed by atoms with Crippen molar-refractivity contribution in [2.45, 2.75) is 65.2 Å². The number of amides is 1. The Morgan fingerprint density at radius 2 is 1.38 bits per heavy atom. The molecule has 7 heteroatoms. The van der Waals surface area contributed by atoms with Crippen molar-refractivity contribution in [3.63, 3.8) is 0 Å². The molecule has 0 spiro atoms. The van der Waals surface area contributed by atoms with Gasteiger partial charge in [0.15, 0.2) is 0 Å². The highest BCUT2D eigenvalue weighted by molar-refractivity contribution is 7.45. The van der Waals surface area contributed by atoms with Crippen molar-refractivity contribution in [2.24, 2.45) is 0 Å². The van der Waals surface area contributed by atoms with E-state index in [0.29, 0.717) is 5.57 Å². The first-order chi connectivity index (χ1) is 9.68. The number of carbonyl (C=O) groups excluding carboxylic acids is 1. The largest absolute Gasteiger partial charge is 0.466 e. The summed E-state index contributed by atoms with van der Waals surface area (Å²) in [5, 5.41) is 2.85. The van der Waals surface area contributed by atoms with Gasteiger partial charge >= 0.3 is 7.82 Å². The van der Waals surface area contributed by atoms with Crippen molar-refractivity contribution in [2.75, 3.05) is 6.54 Å². The topological polar surface area (TPSA) is 107 Å². The highest BCUT2D eigenvalue weighted by atomic mass is 31.2. The zero-order chi connectivity index (χ0) is 16.7. The minimum absolute atomic E-state index is 0.0112. The molecule has 4 N–H and O–H groups in total. The van der Waals surface area contributed by atoms with Crippen molar-refractivity contribution in [1.29, 1.82) is 0 Å². The van der Waals surface area contributed by atoms with Gasteiger partial charge in [-0.3, -0.25) is 4.79 Å². The third kappa shape index (κ3) is 28.3. The fourth-order valence-electron chi connectivity index (χ4n) is 1.61. The molecule has 0 bridgehead atoms. The van der Waals surface area contributed by atoms with Crippen molar-refractivity contribution < 1.29 is 24.0 Å². The molecule has 21 heavy (non-hydrogen) atoms. The zero-order valence-electron chi connectivity index (χ0n) is 13.2. The highest BCUT2D eigenvalue weighted by Crippen LogP contribution is 2.25. The molecule has 126 valence electrons. The van der Waals surface area contributed by atoms with Crippen molar-refractivity contribution >= 4 is 13.7 Å². The number of rotatable bonds is 10. The van der Waals surface area contributed by atoms with Crippen LogP contribution in [-0.2, 0) is 9.36 Å².